The van der Waals surface area contributed by atoms with E-state index in [1.165, 1.54) is 0 Å². The van der Waals surface area contributed by atoms with Crippen LogP contribution in [0.2, 0.25) is 0 Å². The molecule has 1 fully saturated rings. The summed E-state index contributed by atoms with van der Waals surface area (Å²) in [4.78, 5) is 11.3. The average molecular weight is 334 g/mol. The molecule has 0 spiro atoms. The monoisotopic (exact) mass is 333 g/mol. The molecule has 0 saturated carbocycles. The highest BCUT2D eigenvalue weighted by Gasteiger charge is 2.12. The van der Waals surface area contributed by atoms with E-state index in [4.69, 9.17) is 4.74 Å². The van der Waals surface area contributed by atoms with Gasteiger partial charge in [0.2, 0.25) is 0 Å². The van der Waals surface area contributed by atoms with Crippen LogP contribution in [0.4, 0.5) is 0 Å². The summed E-state index contributed by atoms with van der Waals surface area (Å²) < 4.78 is 6.41. The van der Waals surface area contributed by atoms with E-state index in [1.807, 2.05) is 24.5 Å². The van der Waals surface area contributed by atoms with Gasteiger partial charge in [-0.2, -0.15) is 0 Å². The molecule has 0 radical (unpaired) electrons. The maximum absolute atomic E-state index is 5.34. The van der Waals surface area contributed by atoms with Crippen molar-refractivity contribution >= 4 is 15.9 Å². The maximum Gasteiger partial charge on any atom is 0.142 e. The molecule has 2 heterocycles. The number of morpholine rings is 1. The highest BCUT2D eigenvalue weighted by molar-refractivity contribution is 9.10. The summed E-state index contributed by atoms with van der Waals surface area (Å²) in [6.45, 7) is 4.31. The van der Waals surface area contributed by atoms with Gasteiger partial charge in [-0.15, -0.1) is 0 Å². The number of hydrogen-bond acceptors (Lipinski definition) is 4. The molecule has 5 heteroatoms. The zero-order valence-corrected chi connectivity index (χ0v) is 12.7. The van der Waals surface area contributed by atoms with Crippen LogP contribution in [0, 0.1) is 0 Å². The van der Waals surface area contributed by atoms with Gasteiger partial charge in [-0.25, -0.2) is 9.97 Å². The van der Waals surface area contributed by atoms with E-state index in [9.17, 15) is 0 Å². The van der Waals surface area contributed by atoms with E-state index in [-0.39, 0.29) is 0 Å². The molecule has 1 aromatic carbocycles. The summed E-state index contributed by atoms with van der Waals surface area (Å²) in [5, 5.41) is 0. The van der Waals surface area contributed by atoms with E-state index in [2.05, 4.69) is 42.9 Å². The minimum Gasteiger partial charge on any atom is -0.379 e. The Balaban J connectivity index is 1.69. The second-order valence-corrected chi connectivity index (χ2v) is 5.70. The Hall–Kier alpha value is -1.30. The summed E-state index contributed by atoms with van der Waals surface area (Å²) in [6.07, 6.45) is 3.79. The van der Waals surface area contributed by atoms with Gasteiger partial charge in [0.25, 0.3) is 0 Å². The fourth-order valence-electron chi connectivity index (χ4n) is 2.19. The molecule has 4 nitrogen and oxygen atoms in total. The van der Waals surface area contributed by atoms with Crippen LogP contribution in [-0.2, 0) is 11.3 Å². The Kier molecular flexibility index (Phi) is 4.40. The van der Waals surface area contributed by atoms with Crippen LogP contribution in [0.3, 0.4) is 0 Å². The summed E-state index contributed by atoms with van der Waals surface area (Å²) in [6, 6.07) is 8.17. The van der Waals surface area contributed by atoms with E-state index < -0.39 is 0 Å². The van der Waals surface area contributed by atoms with Gasteiger partial charge in [-0.3, -0.25) is 4.90 Å². The number of aromatic nitrogens is 2. The molecule has 3 rings (SSSR count). The van der Waals surface area contributed by atoms with E-state index in [1.54, 1.807) is 0 Å². The van der Waals surface area contributed by atoms with Gasteiger partial charge in [0, 0.05) is 35.5 Å². The first-order valence-corrected chi connectivity index (χ1v) is 7.47. The molecule has 1 saturated heterocycles. The lowest BCUT2D eigenvalue weighted by atomic mass is 10.1. The Labute approximate surface area is 126 Å². The summed E-state index contributed by atoms with van der Waals surface area (Å²) in [5.41, 5.74) is 2.18. The lowest BCUT2D eigenvalue weighted by molar-refractivity contribution is 0.0330. The first kappa shape index (κ1) is 13.7. The third-order valence-electron chi connectivity index (χ3n) is 3.35. The van der Waals surface area contributed by atoms with Gasteiger partial charge in [0.05, 0.1) is 19.8 Å². The Morgan fingerprint density at radius 3 is 2.30 bits per heavy atom. The molecule has 0 aliphatic carbocycles. The standard InChI is InChI=1S/C15H16BrN3O/c16-14-3-1-12(2-4-14)13-9-17-15(18-10-13)11-19-5-7-20-8-6-19/h1-4,9-10H,5-8,11H2. The molecule has 2 aromatic rings. The van der Waals surface area contributed by atoms with Crippen molar-refractivity contribution in [2.75, 3.05) is 26.3 Å². The average Bonchev–Trinajstić information content (AvgIpc) is 2.50. The largest absolute Gasteiger partial charge is 0.379 e. The van der Waals surface area contributed by atoms with Crippen LogP contribution in [0.15, 0.2) is 41.1 Å². The van der Waals surface area contributed by atoms with Crippen molar-refractivity contribution in [1.29, 1.82) is 0 Å². The first-order valence-electron chi connectivity index (χ1n) is 6.68. The molecule has 0 unspecified atom stereocenters. The molecule has 1 aliphatic heterocycles. The number of benzene rings is 1. The number of halogens is 1. The van der Waals surface area contributed by atoms with Crippen LogP contribution in [0.25, 0.3) is 11.1 Å². The Morgan fingerprint density at radius 1 is 1.00 bits per heavy atom. The van der Waals surface area contributed by atoms with Crippen LogP contribution in [0.1, 0.15) is 5.82 Å². The predicted octanol–water partition coefficient (Wildman–Crippen LogP) is 2.74. The van der Waals surface area contributed by atoms with E-state index >= 15 is 0 Å². The fourth-order valence-corrected chi connectivity index (χ4v) is 2.45. The van der Waals surface area contributed by atoms with Crippen molar-refractivity contribution in [3.8, 4) is 11.1 Å². The molecule has 0 bridgehead atoms. The van der Waals surface area contributed by atoms with Gasteiger partial charge >= 0.3 is 0 Å². The van der Waals surface area contributed by atoms with Crippen molar-refractivity contribution < 1.29 is 4.74 Å². The smallest absolute Gasteiger partial charge is 0.142 e. The normalized spacial score (nSPS) is 16.2. The topological polar surface area (TPSA) is 38.2 Å². The SMILES string of the molecule is Brc1ccc(-c2cnc(CN3CCOCC3)nc2)cc1. The fraction of sp³-hybridized carbons (Fsp3) is 0.333. The minimum absolute atomic E-state index is 0.796. The van der Waals surface area contributed by atoms with Gasteiger partial charge in [-0.05, 0) is 17.7 Å². The molecule has 1 aliphatic rings. The summed E-state index contributed by atoms with van der Waals surface area (Å²) >= 11 is 3.44. The van der Waals surface area contributed by atoms with Crippen molar-refractivity contribution in [2.24, 2.45) is 0 Å². The zero-order valence-electron chi connectivity index (χ0n) is 11.1. The van der Waals surface area contributed by atoms with E-state index in [0.29, 0.717) is 0 Å². The van der Waals surface area contributed by atoms with Crippen LogP contribution in [0.5, 0.6) is 0 Å². The van der Waals surface area contributed by atoms with Crippen molar-refractivity contribution in [1.82, 2.24) is 14.9 Å². The second kappa shape index (κ2) is 6.43. The molecule has 0 atom stereocenters. The van der Waals surface area contributed by atoms with Gasteiger partial charge < -0.3 is 4.74 Å². The van der Waals surface area contributed by atoms with Crippen molar-refractivity contribution in [3.63, 3.8) is 0 Å². The first-order chi connectivity index (χ1) is 9.81. The predicted molar refractivity (Wildman–Crippen MR) is 81.3 cm³/mol. The summed E-state index contributed by atoms with van der Waals surface area (Å²) in [5.74, 6) is 0.868. The van der Waals surface area contributed by atoms with Gasteiger partial charge in [0.15, 0.2) is 0 Å². The van der Waals surface area contributed by atoms with Crippen LogP contribution >= 0.6 is 15.9 Å². The van der Waals surface area contributed by atoms with Crippen molar-refractivity contribution in [2.45, 2.75) is 6.54 Å². The third kappa shape index (κ3) is 3.42. The maximum atomic E-state index is 5.34. The summed E-state index contributed by atoms with van der Waals surface area (Å²) in [7, 11) is 0. The lowest BCUT2D eigenvalue weighted by Gasteiger charge is -2.25. The van der Waals surface area contributed by atoms with Gasteiger partial charge in [0.1, 0.15) is 5.82 Å². The third-order valence-corrected chi connectivity index (χ3v) is 3.88. The molecule has 1 aromatic heterocycles. The number of hydrogen-bond donors (Lipinski definition) is 0. The highest BCUT2D eigenvalue weighted by Crippen LogP contribution is 2.20. The molecule has 20 heavy (non-hydrogen) atoms. The Morgan fingerprint density at radius 2 is 1.65 bits per heavy atom. The highest BCUT2D eigenvalue weighted by atomic mass is 79.9. The number of rotatable bonds is 3. The molecule has 0 N–H and O–H groups in total. The Bertz CT molecular complexity index is 550. The second-order valence-electron chi connectivity index (χ2n) is 4.78. The lowest BCUT2D eigenvalue weighted by Crippen LogP contribution is -2.36. The van der Waals surface area contributed by atoms with Crippen LogP contribution < -0.4 is 0 Å². The van der Waals surface area contributed by atoms with Crippen LogP contribution in [-0.4, -0.2) is 41.2 Å². The van der Waals surface area contributed by atoms with Crippen molar-refractivity contribution in [3.05, 3.63) is 47.0 Å². The molecular formula is C15H16BrN3O. The van der Waals surface area contributed by atoms with E-state index in [0.717, 1.165) is 54.3 Å². The zero-order chi connectivity index (χ0) is 13.8. The molecule has 0 amide bonds. The minimum atomic E-state index is 0.796. The number of nitrogens with zero attached hydrogens (tertiary/aromatic N) is 3. The number of ether oxygens (including phenoxy) is 1. The quantitative estimate of drug-likeness (QED) is 0.865. The van der Waals surface area contributed by atoms with Gasteiger partial charge in [-0.1, -0.05) is 28.1 Å². The molecular weight excluding hydrogens is 318 g/mol. The molecule has 104 valence electrons.